The topological polar surface area (TPSA) is 61.9 Å². The van der Waals surface area contributed by atoms with Gasteiger partial charge in [0, 0.05) is 47.3 Å². The van der Waals surface area contributed by atoms with Crippen LogP contribution in [-0.2, 0) is 9.53 Å². The number of nitrogens with zero attached hydrogens (tertiary/aromatic N) is 2. The van der Waals surface area contributed by atoms with E-state index in [0.717, 1.165) is 52.9 Å². The van der Waals surface area contributed by atoms with Crippen LogP contribution in [0.3, 0.4) is 0 Å². The molecule has 34 heavy (non-hydrogen) atoms. The van der Waals surface area contributed by atoms with Crippen molar-refractivity contribution in [3.8, 4) is 11.1 Å². The van der Waals surface area contributed by atoms with Crippen LogP contribution in [0.1, 0.15) is 20.8 Å². The minimum Gasteiger partial charge on any atom is -0.465 e. The van der Waals surface area contributed by atoms with Crippen molar-refractivity contribution < 1.29 is 14.3 Å². The maximum Gasteiger partial charge on any atom is 0.341 e. The number of hydrogen-bond acceptors (Lipinski definition) is 6. The van der Waals surface area contributed by atoms with Gasteiger partial charge in [0.2, 0.25) is 5.91 Å². The highest BCUT2D eigenvalue weighted by atomic mass is 35.5. The van der Waals surface area contributed by atoms with Crippen LogP contribution in [0.25, 0.3) is 11.1 Å². The Morgan fingerprint density at radius 3 is 2.44 bits per heavy atom. The largest absolute Gasteiger partial charge is 0.465 e. The molecule has 2 aromatic carbocycles. The number of methoxy groups -OCH3 is 1. The number of piperazine rings is 1. The second-order valence-corrected chi connectivity index (χ2v) is 10.00. The lowest BCUT2D eigenvalue weighted by molar-refractivity contribution is -0.117. The Bertz CT molecular complexity index is 1190. The van der Waals surface area contributed by atoms with E-state index >= 15 is 0 Å². The number of aryl methyl sites for hydroxylation is 2. The molecule has 8 heteroatoms. The summed E-state index contributed by atoms with van der Waals surface area (Å²) < 4.78 is 5.05. The Labute approximate surface area is 209 Å². The van der Waals surface area contributed by atoms with Crippen molar-refractivity contribution in [3.63, 3.8) is 0 Å². The van der Waals surface area contributed by atoms with Crippen molar-refractivity contribution in [2.45, 2.75) is 13.8 Å². The number of hydrogen-bond donors (Lipinski definition) is 1. The van der Waals surface area contributed by atoms with Crippen LogP contribution >= 0.6 is 22.9 Å². The number of rotatable bonds is 6. The van der Waals surface area contributed by atoms with Crippen molar-refractivity contribution in [1.82, 2.24) is 4.90 Å². The molecule has 3 aromatic rings. The fourth-order valence-electron chi connectivity index (χ4n) is 4.32. The Hall–Kier alpha value is -2.87. The average molecular weight is 498 g/mol. The van der Waals surface area contributed by atoms with Crippen LogP contribution in [0.5, 0.6) is 0 Å². The number of ether oxygens (including phenoxy) is 1. The Balaban J connectivity index is 1.44. The molecule has 6 nitrogen and oxygen atoms in total. The number of carbonyl (C=O) groups is 2. The number of halogens is 1. The van der Waals surface area contributed by atoms with Crippen molar-refractivity contribution >= 4 is 45.5 Å². The van der Waals surface area contributed by atoms with Crippen LogP contribution in [0, 0.1) is 13.8 Å². The van der Waals surface area contributed by atoms with E-state index in [-0.39, 0.29) is 12.5 Å². The highest BCUT2D eigenvalue weighted by Gasteiger charge is 2.26. The fraction of sp³-hybridized carbons (Fsp3) is 0.308. The molecule has 1 saturated heterocycles. The predicted octanol–water partition coefficient (Wildman–Crippen LogP) is 5.23. The number of esters is 1. The van der Waals surface area contributed by atoms with Gasteiger partial charge in [0.05, 0.1) is 13.7 Å². The summed E-state index contributed by atoms with van der Waals surface area (Å²) >= 11 is 7.58. The van der Waals surface area contributed by atoms with E-state index in [0.29, 0.717) is 10.6 Å². The van der Waals surface area contributed by atoms with Gasteiger partial charge in [-0.3, -0.25) is 9.69 Å². The number of anilines is 2. The van der Waals surface area contributed by atoms with Gasteiger partial charge in [-0.15, -0.1) is 11.3 Å². The molecule has 1 aliphatic heterocycles. The molecule has 1 aliphatic rings. The van der Waals surface area contributed by atoms with Gasteiger partial charge in [-0.25, -0.2) is 4.79 Å². The van der Waals surface area contributed by atoms with Crippen LogP contribution in [0.15, 0.2) is 48.5 Å². The summed E-state index contributed by atoms with van der Waals surface area (Å²) in [5.74, 6) is -0.595. The van der Waals surface area contributed by atoms with E-state index in [1.54, 1.807) is 0 Å². The van der Waals surface area contributed by atoms with Crippen molar-refractivity contribution in [2.24, 2.45) is 0 Å². The van der Waals surface area contributed by atoms with Crippen LogP contribution in [0.2, 0.25) is 5.02 Å². The number of benzene rings is 2. The first kappa shape index (κ1) is 24.3. The third-order valence-corrected chi connectivity index (χ3v) is 7.30. The first-order valence-electron chi connectivity index (χ1n) is 11.2. The number of nitrogens with one attached hydrogen (secondary N) is 1. The SMILES string of the molecule is COC(=O)c1c(NC(=O)CN2CCN(c3cc(Cl)ccc3C)CC2)sc(C)c1-c1ccccc1. The quantitative estimate of drug-likeness (QED) is 0.472. The van der Waals surface area contributed by atoms with Gasteiger partial charge in [-0.2, -0.15) is 0 Å². The Kier molecular flexibility index (Phi) is 7.56. The van der Waals surface area contributed by atoms with Gasteiger partial charge in [-0.1, -0.05) is 48.0 Å². The van der Waals surface area contributed by atoms with Crippen LogP contribution < -0.4 is 10.2 Å². The summed E-state index contributed by atoms with van der Waals surface area (Å²) in [6, 6.07) is 15.6. The van der Waals surface area contributed by atoms with E-state index in [1.807, 2.05) is 55.5 Å². The molecule has 2 heterocycles. The van der Waals surface area contributed by atoms with Crippen LogP contribution in [0.4, 0.5) is 10.7 Å². The molecule has 178 valence electrons. The van der Waals surface area contributed by atoms with E-state index < -0.39 is 5.97 Å². The zero-order valence-corrected chi connectivity index (χ0v) is 21.1. The van der Waals surface area contributed by atoms with Crippen molar-refractivity contribution in [1.29, 1.82) is 0 Å². The first-order chi connectivity index (χ1) is 16.4. The number of amides is 1. The monoisotopic (exact) mass is 497 g/mol. The maximum atomic E-state index is 12.9. The summed E-state index contributed by atoms with van der Waals surface area (Å²) in [6.45, 7) is 7.46. The lowest BCUT2D eigenvalue weighted by Gasteiger charge is -2.36. The molecule has 0 saturated carbocycles. The molecule has 0 bridgehead atoms. The lowest BCUT2D eigenvalue weighted by atomic mass is 10.0. The van der Waals surface area contributed by atoms with Gasteiger partial charge in [0.25, 0.3) is 0 Å². The normalized spacial score (nSPS) is 14.2. The molecule has 4 rings (SSSR count). The molecule has 0 aliphatic carbocycles. The number of carbonyl (C=O) groups excluding carboxylic acids is 2. The molecule has 1 fully saturated rings. The predicted molar refractivity (Wildman–Crippen MR) is 139 cm³/mol. The molecule has 1 aromatic heterocycles. The molecule has 0 atom stereocenters. The molecule has 0 radical (unpaired) electrons. The summed E-state index contributed by atoms with van der Waals surface area (Å²) in [6.07, 6.45) is 0. The molecular formula is C26H28ClN3O3S. The second-order valence-electron chi connectivity index (χ2n) is 8.34. The first-order valence-corrected chi connectivity index (χ1v) is 12.4. The number of thiophene rings is 1. The van der Waals surface area contributed by atoms with Gasteiger partial charge in [0.15, 0.2) is 0 Å². The maximum absolute atomic E-state index is 12.9. The lowest BCUT2D eigenvalue weighted by Crippen LogP contribution is -2.48. The van der Waals surface area contributed by atoms with E-state index in [1.165, 1.54) is 24.0 Å². The zero-order valence-electron chi connectivity index (χ0n) is 19.6. The highest BCUT2D eigenvalue weighted by molar-refractivity contribution is 7.17. The third kappa shape index (κ3) is 5.27. The zero-order chi connectivity index (χ0) is 24.2. The van der Waals surface area contributed by atoms with Gasteiger partial charge >= 0.3 is 5.97 Å². The Morgan fingerprint density at radius 2 is 1.76 bits per heavy atom. The van der Waals surface area contributed by atoms with Gasteiger partial charge in [-0.05, 0) is 37.1 Å². The third-order valence-electron chi connectivity index (χ3n) is 6.04. The smallest absolute Gasteiger partial charge is 0.341 e. The van der Waals surface area contributed by atoms with Gasteiger partial charge in [0.1, 0.15) is 10.6 Å². The van der Waals surface area contributed by atoms with Crippen molar-refractivity contribution in [2.75, 3.05) is 50.1 Å². The van der Waals surface area contributed by atoms with E-state index in [9.17, 15) is 9.59 Å². The minimum atomic E-state index is -0.455. The second kappa shape index (κ2) is 10.6. The molecular weight excluding hydrogens is 470 g/mol. The van der Waals surface area contributed by atoms with Crippen LogP contribution in [-0.4, -0.2) is 56.6 Å². The van der Waals surface area contributed by atoms with E-state index in [2.05, 4.69) is 22.0 Å². The minimum absolute atomic E-state index is 0.140. The summed E-state index contributed by atoms with van der Waals surface area (Å²) in [5.41, 5.74) is 4.46. The standard InChI is InChI=1S/C26H28ClN3O3S/c1-17-9-10-20(27)15-21(17)30-13-11-29(12-14-30)16-22(31)28-25-24(26(32)33-3)23(18(2)34-25)19-7-5-4-6-8-19/h4-10,15H,11-14,16H2,1-3H3,(H,28,31). The summed E-state index contributed by atoms with van der Waals surface area (Å²) in [7, 11) is 1.36. The Morgan fingerprint density at radius 1 is 1.06 bits per heavy atom. The molecule has 1 N–H and O–H groups in total. The molecule has 0 unspecified atom stereocenters. The molecule has 0 spiro atoms. The fourth-order valence-corrected chi connectivity index (χ4v) is 5.57. The van der Waals surface area contributed by atoms with Crippen molar-refractivity contribution in [3.05, 3.63) is 69.6 Å². The van der Waals surface area contributed by atoms with E-state index in [4.69, 9.17) is 16.3 Å². The summed E-state index contributed by atoms with van der Waals surface area (Å²) in [5, 5.41) is 4.23. The molecule has 1 amide bonds. The summed E-state index contributed by atoms with van der Waals surface area (Å²) in [4.78, 5) is 30.9. The average Bonchev–Trinajstić information content (AvgIpc) is 3.16. The highest BCUT2D eigenvalue weighted by Crippen LogP contribution is 2.40. The van der Waals surface area contributed by atoms with Gasteiger partial charge < -0.3 is 15.0 Å².